The Morgan fingerprint density at radius 2 is 1.92 bits per heavy atom. The zero-order valence-electron chi connectivity index (χ0n) is 7.67. The van der Waals surface area contributed by atoms with Crippen molar-refractivity contribution in [2.45, 2.75) is 18.4 Å². The van der Waals surface area contributed by atoms with Crippen molar-refractivity contribution in [1.29, 1.82) is 0 Å². The van der Waals surface area contributed by atoms with E-state index in [0.29, 0.717) is 0 Å². The number of hydrogen-bond donors (Lipinski definition) is 1. The molecular formula is C9H13Cl2N2+. The second kappa shape index (κ2) is 3.45. The van der Waals surface area contributed by atoms with Crippen LogP contribution in [-0.2, 0) is 0 Å². The zero-order chi connectivity index (χ0) is 10.1. The van der Waals surface area contributed by atoms with Crippen LogP contribution >= 0.6 is 23.2 Å². The van der Waals surface area contributed by atoms with Crippen LogP contribution in [0.2, 0.25) is 0 Å². The molecule has 0 aromatic rings. The van der Waals surface area contributed by atoms with Crippen LogP contribution in [0.3, 0.4) is 0 Å². The van der Waals surface area contributed by atoms with E-state index in [9.17, 15) is 0 Å². The molecular weight excluding hydrogens is 207 g/mol. The Morgan fingerprint density at radius 3 is 2.46 bits per heavy atom. The van der Waals surface area contributed by atoms with E-state index in [4.69, 9.17) is 28.9 Å². The van der Waals surface area contributed by atoms with Crippen molar-refractivity contribution in [3.8, 4) is 0 Å². The van der Waals surface area contributed by atoms with Gasteiger partial charge < -0.3 is 0 Å². The molecule has 0 amide bonds. The molecule has 4 heteroatoms. The predicted molar refractivity (Wildman–Crippen MR) is 57.0 cm³/mol. The van der Waals surface area contributed by atoms with Gasteiger partial charge in [0.15, 0.2) is 12.4 Å². The largest absolute Gasteiger partial charge is 0.377 e. The lowest BCUT2D eigenvalue weighted by molar-refractivity contribution is -0.490. The molecule has 72 valence electrons. The van der Waals surface area contributed by atoms with E-state index in [1.165, 1.54) is 0 Å². The average Bonchev–Trinajstić information content (AvgIpc) is 2.08. The third kappa shape index (κ3) is 3.14. The molecule has 2 nitrogen and oxygen atoms in total. The minimum absolute atomic E-state index is 0.0993. The van der Waals surface area contributed by atoms with Crippen LogP contribution in [0.25, 0.3) is 0 Å². The number of nitrogens with two attached hydrogens (primary N) is 1. The maximum Gasteiger partial charge on any atom is 0.377 e. The van der Waals surface area contributed by atoms with Crippen LogP contribution in [0.15, 0.2) is 24.4 Å². The first kappa shape index (κ1) is 10.8. The Hall–Kier alpha value is -0.310. The number of allylic oxidation sites excluding steroid dienone is 3. The summed E-state index contributed by atoms with van der Waals surface area (Å²) in [5.41, 5.74) is 5.45. The van der Waals surface area contributed by atoms with Crippen LogP contribution in [0.1, 0.15) is 13.8 Å². The summed E-state index contributed by atoms with van der Waals surface area (Å²) >= 11 is 11.5. The SMILES string of the molecule is CC1(C)C=CC=C[N+](C(N)(Cl)Cl)=C1. The Bertz CT molecular complexity index is 282. The average molecular weight is 220 g/mol. The van der Waals surface area contributed by atoms with Gasteiger partial charge in [0, 0.05) is 6.08 Å². The molecule has 1 aliphatic rings. The highest BCUT2D eigenvalue weighted by atomic mass is 35.5. The summed E-state index contributed by atoms with van der Waals surface area (Å²) in [6, 6.07) is 0. The van der Waals surface area contributed by atoms with E-state index in [1.54, 1.807) is 10.8 Å². The molecule has 1 aliphatic heterocycles. The number of nitrogens with zero attached hydrogens (tertiary/aromatic N) is 1. The summed E-state index contributed by atoms with van der Waals surface area (Å²) in [6.07, 6.45) is 9.45. The third-order valence-corrected chi connectivity index (χ3v) is 2.09. The van der Waals surface area contributed by atoms with Gasteiger partial charge in [-0.3, -0.25) is 0 Å². The quantitative estimate of drug-likeness (QED) is 0.409. The fraction of sp³-hybridized carbons (Fsp3) is 0.444. The fourth-order valence-corrected chi connectivity index (χ4v) is 1.29. The topological polar surface area (TPSA) is 29.0 Å². The zero-order valence-corrected chi connectivity index (χ0v) is 9.18. The molecule has 2 N–H and O–H groups in total. The lowest BCUT2D eigenvalue weighted by Crippen LogP contribution is -2.39. The highest BCUT2D eigenvalue weighted by molar-refractivity contribution is 6.46. The van der Waals surface area contributed by atoms with Crippen LogP contribution in [0, 0.1) is 5.41 Å². The second-order valence-corrected chi connectivity index (χ2v) is 4.99. The summed E-state index contributed by atoms with van der Waals surface area (Å²) in [6.45, 7) is 4.09. The molecule has 0 aromatic heterocycles. The van der Waals surface area contributed by atoms with Crippen molar-refractivity contribution in [1.82, 2.24) is 0 Å². The van der Waals surface area contributed by atoms with Gasteiger partial charge in [-0.15, -0.1) is 0 Å². The van der Waals surface area contributed by atoms with Crippen molar-refractivity contribution in [3.63, 3.8) is 0 Å². The van der Waals surface area contributed by atoms with E-state index in [2.05, 4.69) is 0 Å². The van der Waals surface area contributed by atoms with E-state index in [0.717, 1.165) is 0 Å². The number of rotatable bonds is 1. The second-order valence-electron chi connectivity index (χ2n) is 3.65. The van der Waals surface area contributed by atoms with Crippen molar-refractivity contribution < 1.29 is 4.58 Å². The molecule has 0 fully saturated rings. The van der Waals surface area contributed by atoms with Gasteiger partial charge in [-0.2, -0.15) is 4.58 Å². The first-order chi connectivity index (χ1) is 5.81. The number of halogens is 2. The smallest absolute Gasteiger partial charge is 0.241 e. The van der Waals surface area contributed by atoms with E-state index in [-0.39, 0.29) is 5.41 Å². The van der Waals surface area contributed by atoms with Crippen molar-refractivity contribution in [3.05, 3.63) is 24.4 Å². The summed E-state index contributed by atoms with van der Waals surface area (Å²) in [5.74, 6) is 0. The van der Waals surface area contributed by atoms with E-state index < -0.39 is 4.58 Å². The van der Waals surface area contributed by atoms with Crippen molar-refractivity contribution in [2.75, 3.05) is 0 Å². The molecule has 0 radical (unpaired) electrons. The summed E-state index contributed by atoms with van der Waals surface area (Å²) in [7, 11) is 0. The predicted octanol–water partition coefficient (Wildman–Crippen LogP) is 2.23. The monoisotopic (exact) mass is 219 g/mol. The van der Waals surface area contributed by atoms with Crippen LogP contribution < -0.4 is 5.73 Å². The minimum atomic E-state index is -1.39. The fourth-order valence-electron chi connectivity index (χ4n) is 1.08. The Kier molecular flexibility index (Phi) is 2.85. The van der Waals surface area contributed by atoms with Gasteiger partial charge in [0.25, 0.3) is 0 Å². The molecule has 0 saturated carbocycles. The van der Waals surface area contributed by atoms with Gasteiger partial charge in [-0.1, -0.05) is 12.2 Å². The van der Waals surface area contributed by atoms with Gasteiger partial charge in [0.2, 0.25) is 0 Å². The maximum atomic E-state index is 5.77. The molecule has 0 unspecified atom stereocenters. The van der Waals surface area contributed by atoms with Gasteiger partial charge in [-0.25, -0.2) is 5.73 Å². The Balaban J connectivity index is 3.06. The first-order valence-electron chi connectivity index (χ1n) is 3.98. The minimum Gasteiger partial charge on any atom is -0.241 e. The standard InChI is InChI=1S/C9H13Cl2N2/c1-8(2)5-3-4-6-13(7-8)9(10,11)12/h3-7H,12H2,1-2H3/q+1. The Labute approximate surface area is 88.3 Å². The van der Waals surface area contributed by atoms with Crippen LogP contribution in [-0.4, -0.2) is 15.4 Å². The number of alkyl halides is 2. The highest BCUT2D eigenvalue weighted by Gasteiger charge is 2.32. The number of hydrogen-bond acceptors (Lipinski definition) is 1. The van der Waals surface area contributed by atoms with Gasteiger partial charge in [-0.05, 0) is 37.0 Å². The molecule has 1 heterocycles. The van der Waals surface area contributed by atoms with Gasteiger partial charge in [0.1, 0.15) is 0 Å². The first-order valence-corrected chi connectivity index (χ1v) is 4.74. The molecule has 0 aromatic carbocycles. The Morgan fingerprint density at radius 1 is 1.31 bits per heavy atom. The van der Waals surface area contributed by atoms with Crippen molar-refractivity contribution >= 4 is 29.4 Å². The van der Waals surface area contributed by atoms with E-state index in [1.807, 2.05) is 38.3 Å². The van der Waals surface area contributed by atoms with E-state index >= 15 is 0 Å². The van der Waals surface area contributed by atoms with Gasteiger partial charge >= 0.3 is 4.58 Å². The third-order valence-electron chi connectivity index (χ3n) is 1.70. The lowest BCUT2D eigenvalue weighted by Gasteiger charge is -2.14. The molecule has 13 heavy (non-hydrogen) atoms. The summed E-state index contributed by atoms with van der Waals surface area (Å²) in [4.78, 5) is 0. The van der Waals surface area contributed by atoms with Gasteiger partial charge in [0.05, 0.1) is 5.41 Å². The molecule has 0 bridgehead atoms. The van der Waals surface area contributed by atoms with Crippen molar-refractivity contribution in [2.24, 2.45) is 11.1 Å². The summed E-state index contributed by atoms with van der Waals surface area (Å²) in [5, 5.41) is 0. The maximum absolute atomic E-state index is 5.77. The molecule has 0 aliphatic carbocycles. The molecule has 0 spiro atoms. The summed E-state index contributed by atoms with van der Waals surface area (Å²) < 4.78 is 0.190. The molecule has 0 saturated heterocycles. The van der Waals surface area contributed by atoms with Crippen LogP contribution in [0.4, 0.5) is 0 Å². The molecule has 1 rings (SSSR count). The lowest BCUT2D eigenvalue weighted by atomic mass is 9.95. The normalized spacial score (nSPS) is 21.2. The molecule has 0 atom stereocenters. The highest BCUT2D eigenvalue weighted by Crippen LogP contribution is 2.21. The van der Waals surface area contributed by atoms with Crippen LogP contribution in [0.5, 0.6) is 0 Å².